The summed E-state index contributed by atoms with van der Waals surface area (Å²) in [4.78, 5) is 27.2. The highest BCUT2D eigenvalue weighted by Crippen LogP contribution is 2.41. The lowest BCUT2D eigenvalue weighted by Crippen LogP contribution is -2.70. The van der Waals surface area contributed by atoms with Crippen LogP contribution in [0, 0.1) is 5.41 Å². The van der Waals surface area contributed by atoms with Crippen molar-refractivity contribution in [1.29, 1.82) is 0 Å². The van der Waals surface area contributed by atoms with Gasteiger partial charge in [0.2, 0.25) is 11.8 Å². The number of carbonyl (C=O) groups is 2. The van der Waals surface area contributed by atoms with Crippen LogP contribution in [0.15, 0.2) is 0 Å². The molecule has 1 N–H and O–H groups in total. The molecule has 2 atom stereocenters. The predicted octanol–water partition coefficient (Wildman–Crippen LogP) is 2.47. The first-order valence-corrected chi connectivity index (χ1v) is 7.91. The van der Waals surface area contributed by atoms with Gasteiger partial charge in [-0.15, -0.1) is 0 Å². The number of nitrogens with zero attached hydrogens (tertiary/aromatic N) is 1. The lowest BCUT2D eigenvalue weighted by atomic mass is 9.85. The average molecular weight is 280 g/mol. The molecule has 0 radical (unpaired) electrons. The van der Waals surface area contributed by atoms with Crippen molar-refractivity contribution in [1.82, 2.24) is 10.2 Å². The summed E-state index contributed by atoms with van der Waals surface area (Å²) < 4.78 is 0. The van der Waals surface area contributed by atoms with Crippen LogP contribution in [0.5, 0.6) is 0 Å². The van der Waals surface area contributed by atoms with Gasteiger partial charge in [-0.1, -0.05) is 27.7 Å². The van der Waals surface area contributed by atoms with E-state index >= 15 is 0 Å². The van der Waals surface area contributed by atoms with Gasteiger partial charge in [-0.3, -0.25) is 9.59 Å². The standard InChI is InChI=1S/C16H28N2O2/c1-6-16(7-2)14(20)18(11(3)13(19)17-16)12-8-9-15(4,5)10-12/h11-12H,6-10H2,1-5H3,(H,17,19). The van der Waals surface area contributed by atoms with Crippen LogP contribution < -0.4 is 5.32 Å². The van der Waals surface area contributed by atoms with E-state index in [0.29, 0.717) is 12.8 Å². The third kappa shape index (κ3) is 2.33. The molecule has 4 nitrogen and oxygen atoms in total. The summed E-state index contributed by atoms with van der Waals surface area (Å²) in [6.07, 6.45) is 4.46. The summed E-state index contributed by atoms with van der Waals surface area (Å²) in [5.74, 6) is 0.121. The largest absolute Gasteiger partial charge is 0.340 e. The topological polar surface area (TPSA) is 49.4 Å². The molecule has 1 aliphatic heterocycles. The summed E-state index contributed by atoms with van der Waals surface area (Å²) in [5.41, 5.74) is -0.407. The summed E-state index contributed by atoms with van der Waals surface area (Å²) >= 11 is 0. The third-order valence-electron chi connectivity index (χ3n) is 5.35. The molecule has 1 heterocycles. The van der Waals surface area contributed by atoms with Crippen LogP contribution in [0.3, 0.4) is 0 Å². The minimum Gasteiger partial charge on any atom is -0.340 e. The molecule has 114 valence electrons. The highest BCUT2D eigenvalue weighted by Gasteiger charge is 2.51. The smallest absolute Gasteiger partial charge is 0.249 e. The maximum atomic E-state index is 13.0. The zero-order valence-electron chi connectivity index (χ0n) is 13.5. The second-order valence-corrected chi connectivity index (χ2v) is 7.23. The summed E-state index contributed by atoms with van der Waals surface area (Å²) in [6.45, 7) is 10.3. The van der Waals surface area contributed by atoms with Crippen LogP contribution in [-0.4, -0.2) is 34.3 Å². The Hall–Kier alpha value is -1.06. The number of hydrogen-bond donors (Lipinski definition) is 1. The molecule has 4 heteroatoms. The zero-order valence-corrected chi connectivity index (χ0v) is 13.5. The van der Waals surface area contributed by atoms with Gasteiger partial charge >= 0.3 is 0 Å². The van der Waals surface area contributed by atoms with Crippen LogP contribution in [-0.2, 0) is 9.59 Å². The van der Waals surface area contributed by atoms with Crippen molar-refractivity contribution < 1.29 is 9.59 Å². The van der Waals surface area contributed by atoms with Crippen LogP contribution in [0.4, 0.5) is 0 Å². The van der Waals surface area contributed by atoms with Crippen molar-refractivity contribution in [2.45, 2.75) is 84.3 Å². The Morgan fingerprint density at radius 2 is 1.85 bits per heavy atom. The lowest BCUT2D eigenvalue weighted by Gasteiger charge is -2.47. The monoisotopic (exact) mass is 280 g/mol. The fraction of sp³-hybridized carbons (Fsp3) is 0.875. The third-order valence-corrected chi connectivity index (χ3v) is 5.35. The molecule has 2 aliphatic rings. The van der Waals surface area contributed by atoms with E-state index in [1.165, 1.54) is 0 Å². The van der Waals surface area contributed by atoms with Gasteiger partial charge in [-0.2, -0.15) is 0 Å². The van der Waals surface area contributed by atoms with E-state index in [0.717, 1.165) is 19.3 Å². The quantitative estimate of drug-likeness (QED) is 0.863. The van der Waals surface area contributed by atoms with E-state index in [1.807, 2.05) is 25.7 Å². The Morgan fingerprint density at radius 3 is 2.30 bits per heavy atom. The number of nitrogens with one attached hydrogen (secondary N) is 1. The minimum absolute atomic E-state index is 0.00185. The summed E-state index contributed by atoms with van der Waals surface area (Å²) in [7, 11) is 0. The number of carbonyl (C=O) groups excluding carboxylic acids is 2. The molecule has 0 aromatic rings. The van der Waals surface area contributed by atoms with Crippen molar-refractivity contribution >= 4 is 11.8 Å². The molecule has 0 spiro atoms. The second-order valence-electron chi connectivity index (χ2n) is 7.23. The van der Waals surface area contributed by atoms with E-state index in [2.05, 4.69) is 19.2 Å². The van der Waals surface area contributed by atoms with E-state index in [9.17, 15) is 9.59 Å². The Bertz CT molecular complexity index is 413. The number of piperazine rings is 1. The Labute approximate surface area is 122 Å². The van der Waals surface area contributed by atoms with Crippen molar-refractivity contribution in [3.63, 3.8) is 0 Å². The minimum atomic E-state index is -0.684. The first-order chi connectivity index (χ1) is 9.26. The van der Waals surface area contributed by atoms with E-state index in [1.54, 1.807) is 0 Å². The Morgan fingerprint density at radius 1 is 1.25 bits per heavy atom. The van der Waals surface area contributed by atoms with Crippen molar-refractivity contribution in [2.24, 2.45) is 5.41 Å². The van der Waals surface area contributed by atoms with Crippen molar-refractivity contribution in [2.75, 3.05) is 0 Å². The molecular formula is C16H28N2O2. The highest BCUT2D eigenvalue weighted by molar-refractivity contribution is 5.99. The van der Waals surface area contributed by atoms with Crippen LogP contribution >= 0.6 is 0 Å². The van der Waals surface area contributed by atoms with Crippen molar-refractivity contribution in [3.8, 4) is 0 Å². The van der Waals surface area contributed by atoms with Crippen LogP contribution in [0.2, 0.25) is 0 Å². The Kier molecular flexibility index (Phi) is 3.87. The van der Waals surface area contributed by atoms with Crippen LogP contribution in [0.1, 0.15) is 66.7 Å². The number of rotatable bonds is 3. The molecule has 1 aliphatic carbocycles. The molecule has 20 heavy (non-hydrogen) atoms. The van der Waals surface area contributed by atoms with Gasteiger partial charge < -0.3 is 10.2 Å². The van der Waals surface area contributed by atoms with Gasteiger partial charge in [0.25, 0.3) is 0 Å². The molecule has 1 saturated carbocycles. The van der Waals surface area contributed by atoms with E-state index in [-0.39, 0.29) is 29.3 Å². The first kappa shape index (κ1) is 15.3. The average Bonchev–Trinajstić information content (AvgIpc) is 2.74. The summed E-state index contributed by atoms with van der Waals surface area (Å²) in [6, 6.07) is -0.122. The molecular weight excluding hydrogens is 252 g/mol. The second kappa shape index (κ2) is 5.05. The molecule has 2 unspecified atom stereocenters. The Balaban J connectivity index is 2.30. The maximum Gasteiger partial charge on any atom is 0.249 e. The lowest BCUT2D eigenvalue weighted by molar-refractivity contribution is -0.157. The van der Waals surface area contributed by atoms with Gasteiger partial charge in [-0.25, -0.2) is 0 Å². The van der Waals surface area contributed by atoms with Gasteiger partial charge in [0.1, 0.15) is 11.6 Å². The van der Waals surface area contributed by atoms with Gasteiger partial charge in [0, 0.05) is 6.04 Å². The highest BCUT2D eigenvalue weighted by atomic mass is 16.2. The summed E-state index contributed by atoms with van der Waals surface area (Å²) in [5, 5.41) is 2.97. The maximum absolute atomic E-state index is 13.0. The van der Waals surface area contributed by atoms with Gasteiger partial charge in [0.15, 0.2) is 0 Å². The van der Waals surface area contributed by atoms with Crippen LogP contribution in [0.25, 0.3) is 0 Å². The zero-order chi connectivity index (χ0) is 15.1. The SMILES string of the molecule is CCC1(CC)NC(=O)C(C)N(C2CCC(C)(C)C2)C1=O. The normalized spacial score (nSPS) is 32.4. The van der Waals surface area contributed by atoms with Gasteiger partial charge in [-0.05, 0) is 44.4 Å². The molecule has 2 fully saturated rings. The molecule has 0 aromatic carbocycles. The fourth-order valence-corrected chi connectivity index (χ4v) is 3.79. The number of amides is 2. The predicted molar refractivity (Wildman–Crippen MR) is 79.2 cm³/mol. The number of hydrogen-bond acceptors (Lipinski definition) is 2. The fourth-order valence-electron chi connectivity index (χ4n) is 3.79. The van der Waals surface area contributed by atoms with Crippen molar-refractivity contribution in [3.05, 3.63) is 0 Å². The molecule has 2 rings (SSSR count). The van der Waals surface area contributed by atoms with Gasteiger partial charge in [0.05, 0.1) is 0 Å². The molecule has 0 aromatic heterocycles. The molecule has 2 amide bonds. The first-order valence-electron chi connectivity index (χ1n) is 7.91. The molecule has 1 saturated heterocycles. The molecule has 0 bridgehead atoms. The van der Waals surface area contributed by atoms with E-state index < -0.39 is 5.54 Å². The van der Waals surface area contributed by atoms with E-state index in [4.69, 9.17) is 0 Å².